The second-order valence-electron chi connectivity index (χ2n) is 5.42. The van der Waals surface area contributed by atoms with Crippen LogP contribution in [0.3, 0.4) is 0 Å². The monoisotopic (exact) mass is 400 g/mol. The van der Waals surface area contributed by atoms with Gasteiger partial charge in [-0.3, -0.25) is 9.59 Å². The van der Waals surface area contributed by atoms with Crippen LogP contribution in [0.15, 0.2) is 36.4 Å². The summed E-state index contributed by atoms with van der Waals surface area (Å²) >= 11 is 0. The Bertz CT molecular complexity index is 861. The summed E-state index contributed by atoms with van der Waals surface area (Å²) in [5.41, 5.74) is -0.178. The van der Waals surface area contributed by atoms with Crippen molar-refractivity contribution in [1.29, 1.82) is 0 Å². The molecule has 2 aromatic rings. The van der Waals surface area contributed by atoms with Crippen LogP contribution in [-0.2, 0) is 4.79 Å². The largest absolute Gasteiger partial charge is 0.493 e. The third-order valence-corrected chi connectivity index (χ3v) is 3.48. The third-order valence-electron chi connectivity index (χ3n) is 3.48. The number of anilines is 1. The quantitative estimate of drug-likeness (QED) is 0.667. The molecule has 2 N–H and O–H groups in total. The second kappa shape index (κ2) is 9.58. The van der Waals surface area contributed by atoms with Gasteiger partial charge in [0.25, 0.3) is 5.91 Å². The number of benzene rings is 2. The summed E-state index contributed by atoms with van der Waals surface area (Å²) in [5.74, 6) is -3.37. The summed E-state index contributed by atoms with van der Waals surface area (Å²) in [6.45, 7) is -3.19. The van der Waals surface area contributed by atoms with E-state index in [4.69, 9.17) is 4.74 Å². The van der Waals surface area contributed by atoms with E-state index in [0.717, 1.165) is 18.2 Å². The fourth-order valence-electron chi connectivity index (χ4n) is 2.22. The average Bonchev–Trinajstić information content (AvgIpc) is 2.61. The molecular formula is C18H16F4N2O4. The van der Waals surface area contributed by atoms with E-state index >= 15 is 0 Å². The molecule has 2 rings (SSSR count). The summed E-state index contributed by atoms with van der Waals surface area (Å²) in [7, 11) is 1.28. The number of carbonyl (C=O) groups excluding carboxylic acids is 2. The molecule has 0 saturated heterocycles. The zero-order valence-corrected chi connectivity index (χ0v) is 14.6. The molecule has 0 spiro atoms. The van der Waals surface area contributed by atoms with E-state index in [2.05, 4.69) is 15.4 Å². The standard InChI is InChI=1S/C18H16F4N2O4/c1-27-14-5-3-11(9-15(14)28-18(21)22)24-16(25)6-7-23-17(26)12-4-2-10(19)8-13(12)20/h2-5,8-9,18H,6-7H2,1H3,(H,23,26)(H,24,25). The number of hydrogen-bond donors (Lipinski definition) is 2. The van der Waals surface area contributed by atoms with E-state index in [1.807, 2.05) is 0 Å². The molecule has 0 fully saturated rings. The van der Waals surface area contributed by atoms with Crippen molar-refractivity contribution in [2.45, 2.75) is 13.0 Å². The van der Waals surface area contributed by atoms with E-state index in [-0.39, 0.29) is 35.7 Å². The van der Waals surface area contributed by atoms with Crippen LogP contribution >= 0.6 is 0 Å². The molecule has 0 atom stereocenters. The highest BCUT2D eigenvalue weighted by Gasteiger charge is 2.14. The lowest BCUT2D eigenvalue weighted by atomic mass is 10.2. The number of halogens is 4. The van der Waals surface area contributed by atoms with Gasteiger partial charge in [-0.15, -0.1) is 0 Å². The first-order valence-corrected chi connectivity index (χ1v) is 7.96. The Morgan fingerprint density at radius 2 is 1.82 bits per heavy atom. The summed E-state index contributed by atoms with van der Waals surface area (Å²) in [4.78, 5) is 23.8. The van der Waals surface area contributed by atoms with Gasteiger partial charge in [0.2, 0.25) is 5.91 Å². The Morgan fingerprint density at radius 1 is 1.07 bits per heavy atom. The summed E-state index contributed by atoms with van der Waals surface area (Å²) < 4.78 is 60.4. The highest BCUT2D eigenvalue weighted by molar-refractivity contribution is 5.95. The van der Waals surface area contributed by atoms with Crippen molar-refractivity contribution in [3.63, 3.8) is 0 Å². The molecule has 150 valence electrons. The van der Waals surface area contributed by atoms with Crippen molar-refractivity contribution in [1.82, 2.24) is 5.32 Å². The molecule has 0 saturated carbocycles. The topological polar surface area (TPSA) is 76.7 Å². The number of amides is 2. The van der Waals surface area contributed by atoms with Gasteiger partial charge in [-0.2, -0.15) is 8.78 Å². The van der Waals surface area contributed by atoms with Gasteiger partial charge in [-0.25, -0.2) is 8.78 Å². The molecule has 0 aliphatic carbocycles. The lowest BCUT2D eigenvalue weighted by molar-refractivity contribution is -0.116. The Labute approximate surface area is 157 Å². The van der Waals surface area contributed by atoms with Crippen molar-refractivity contribution in [2.75, 3.05) is 19.0 Å². The first-order chi connectivity index (χ1) is 13.3. The van der Waals surface area contributed by atoms with Crippen LogP contribution in [0.2, 0.25) is 0 Å². The number of alkyl halides is 2. The van der Waals surface area contributed by atoms with Gasteiger partial charge < -0.3 is 20.1 Å². The minimum atomic E-state index is -3.07. The first kappa shape index (κ1) is 21.0. The highest BCUT2D eigenvalue weighted by Crippen LogP contribution is 2.31. The van der Waals surface area contributed by atoms with E-state index in [1.165, 1.54) is 19.2 Å². The maximum atomic E-state index is 13.5. The van der Waals surface area contributed by atoms with E-state index in [0.29, 0.717) is 6.07 Å². The van der Waals surface area contributed by atoms with Crippen molar-refractivity contribution < 1.29 is 36.6 Å². The molecule has 2 aromatic carbocycles. The number of carbonyl (C=O) groups is 2. The predicted octanol–water partition coefficient (Wildman–Crippen LogP) is 3.33. The van der Waals surface area contributed by atoms with Crippen LogP contribution in [0, 0.1) is 11.6 Å². The summed E-state index contributed by atoms with van der Waals surface area (Å²) in [6.07, 6.45) is -0.175. The van der Waals surface area contributed by atoms with Gasteiger partial charge >= 0.3 is 6.61 Å². The van der Waals surface area contributed by atoms with Crippen LogP contribution < -0.4 is 20.1 Å². The van der Waals surface area contributed by atoms with Crippen LogP contribution in [0.4, 0.5) is 23.2 Å². The maximum absolute atomic E-state index is 13.5. The fraction of sp³-hybridized carbons (Fsp3) is 0.222. The van der Waals surface area contributed by atoms with Gasteiger partial charge in [0.15, 0.2) is 11.5 Å². The van der Waals surface area contributed by atoms with Gasteiger partial charge in [-0.05, 0) is 24.3 Å². The Hall–Kier alpha value is -3.30. The Kier molecular flexibility index (Phi) is 7.19. The van der Waals surface area contributed by atoms with Gasteiger partial charge in [0, 0.05) is 30.8 Å². The molecule has 0 bridgehead atoms. The molecule has 0 radical (unpaired) electrons. The van der Waals surface area contributed by atoms with Crippen LogP contribution in [0.5, 0.6) is 11.5 Å². The summed E-state index contributed by atoms with van der Waals surface area (Å²) in [5, 5.41) is 4.77. The maximum Gasteiger partial charge on any atom is 0.387 e. The number of ether oxygens (including phenoxy) is 2. The zero-order valence-electron chi connectivity index (χ0n) is 14.6. The molecule has 0 unspecified atom stereocenters. The Morgan fingerprint density at radius 3 is 2.46 bits per heavy atom. The SMILES string of the molecule is COc1ccc(NC(=O)CCNC(=O)c2ccc(F)cc2F)cc1OC(F)F. The van der Waals surface area contributed by atoms with Crippen LogP contribution in [0.25, 0.3) is 0 Å². The molecule has 0 aromatic heterocycles. The van der Waals surface area contributed by atoms with E-state index < -0.39 is 30.1 Å². The molecule has 10 heteroatoms. The van der Waals surface area contributed by atoms with Gasteiger partial charge in [0.05, 0.1) is 12.7 Å². The highest BCUT2D eigenvalue weighted by atomic mass is 19.3. The fourth-order valence-corrected chi connectivity index (χ4v) is 2.22. The van der Waals surface area contributed by atoms with Crippen molar-refractivity contribution in [3.05, 3.63) is 53.6 Å². The normalized spacial score (nSPS) is 10.5. The molecule has 0 heterocycles. The van der Waals surface area contributed by atoms with Crippen molar-refractivity contribution >= 4 is 17.5 Å². The molecule has 0 aliphatic heterocycles. The predicted molar refractivity (Wildman–Crippen MR) is 91.6 cm³/mol. The van der Waals surface area contributed by atoms with Crippen LogP contribution in [0.1, 0.15) is 16.8 Å². The zero-order chi connectivity index (χ0) is 20.7. The minimum Gasteiger partial charge on any atom is -0.493 e. The Balaban J connectivity index is 1.89. The summed E-state index contributed by atoms with van der Waals surface area (Å²) in [6, 6.07) is 6.42. The van der Waals surface area contributed by atoms with Crippen molar-refractivity contribution in [3.8, 4) is 11.5 Å². The second-order valence-corrected chi connectivity index (χ2v) is 5.42. The number of hydrogen-bond acceptors (Lipinski definition) is 4. The molecular weight excluding hydrogens is 384 g/mol. The minimum absolute atomic E-state index is 0.0619. The number of rotatable bonds is 8. The molecule has 28 heavy (non-hydrogen) atoms. The average molecular weight is 400 g/mol. The van der Waals surface area contributed by atoms with E-state index in [1.54, 1.807) is 0 Å². The van der Waals surface area contributed by atoms with Crippen molar-refractivity contribution in [2.24, 2.45) is 0 Å². The molecule has 6 nitrogen and oxygen atoms in total. The van der Waals surface area contributed by atoms with Gasteiger partial charge in [0.1, 0.15) is 11.6 Å². The third kappa shape index (κ3) is 5.86. The lowest BCUT2D eigenvalue weighted by Crippen LogP contribution is -2.28. The number of nitrogens with one attached hydrogen (secondary N) is 2. The molecule has 2 amide bonds. The van der Waals surface area contributed by atoms with Crippen LogP contribution in [-0.4, -0.2) is 32.1 Å². The molecule has 0 aliphatic rings. The smallest absolute Gasteiger partial charge is 0.387 e. The van der Waals surface area contributed by atoms with E-state index in [9.17, 15) is 27.2 Å². The first-order valence-electron chi connectivity index (χ1n) is 7.96. The van der Waals surface area contributed by atoms with Gasteiger partial charge in [-0.1, -0.05) is 0 Å². The number of methoxy groups -OCH3 is 1. The lowest BCUT2D eigenvalue weighted by Gasteiger charge is -2.12.